The molecule has 4 nitrogen and oxygen atoms in total. The van der Waals surface area contributed by atoms with Crippen LogP contribution >= 0.6 is 0 Å². The highest BCUT2D eigenvalue weighted by molar-refractivity contribution is 5.77. The molecule has 0 aliphatic carbocycles. The number of aromatic hydroxyl groups is 1. The smallest absolute Gasteiger partial charge is 0.222 e. The highest BCUT2D eigenvalue weighted by Crippen LogP contribution is 2.38. The van der Waals surface area contributed by atoms with E-state index < -0.39 is 0 Å². The van der Waals surface area contributed by atoms with Crippen molar-refractivity contribution < 1.29 is 14.6 Å². The van der Waals surface area contributed by atoms with Crippen LogP contribution < -0.4 is 4.74 Å². The number of nitrogens with zero attached hydrogens (tertiary/aromatic N) is 1. The average molecular weight is 311 g/mol. The molecule has 2 aromatic carbocycles. The Kier molecular flexibility index (Phi) is 4.24. The summed E-state index contributed by atoms with van der Waals surface area (Å²) in [6.45, 7) is 5.31. The maximum absolute atomic E-state index is 12.0. The lowest BCUT2D eigenvalue weighted by Crippen LogP contribution is -2.31. The number of aryl methyl sites for hydroxylation is 1. The maximum atomic E-state index is 12.0. The summed E-state index contributed by atoms with van der Waals surface area (Å²) in [6.07, 6.45) is 0.471. The predicted octanol–water partition coefficient (Wildman–Crippen LogP) is 3.50. The number of phenols is 1. The first kappa shape index (κ1) is 15.4. The van der Waals surface area contributed by atoms with Gasteiger partial charge in [-0.05, 0) is 35.7 Å². The summed E-state index contributed by atoms with van der Waals surface area (Å²) in [6, 6.07) is 11.8. The summed E-state index contributed by atoms with van der Waals surface area (Å²) in [5.41, 5.74) is 4.00. The maximum Gasteiger partial charge on any atom is 0.222 e. The van der Waals surface area contributed by atoms with Gasteiger partial charge in [0, 0.05) is 18.5 Å². The van der Waals surface area contributed by atoms with Gasteiger partial charge in [0.1, 0.15) is 6.61 Å². The van der Waals surface area contributed by atoms with Crippen LogP contribution in [0.1, 0.15) is 24.5 Å². The van der Waals surface area contributed by atoms with Crippen LogP contribution in [0, 0.1) is 6.92 Å². The molecule has 0 saturated carbocycles. The Morgan fingerprint density at radius 3 is 2.83 bits per heavy atom. The van der Waals surface area contributed by atoms with Gasteiger partial charge in [0.2, 0.25) is 5.91 Å². The van der Waals surface area contributed by atoms with Gasteiger partial charge in [-0.1, -0.05) is 31.2 Å². The molecule has 0 saturated heterocycles. The largest absolute Gasteiger partial charge is 0.504 e. The summed E-state index contributed by atoms with van der Waals surface area (Å²) in [4.78, 5) is 13.8. The van der Waals surface area contributed by atoms with Crippen LogP contribution in [0.15, 0.2) is 36.4 Å². The van der Waals surface area contributed by atoms with Gasteiger partial charge < -0.3 is 14.7 Å². The van der Waals surface area contributed by atoms with Crippen molar-refractivity contribution in [1.82, 2.24) is 4.90 Å². The van der Waals surface area contributed by atoms with E-state index in [0.717, 1.165) is 22.3 Å². The molecule has 2 aromatic rings. The third kappa shape index (κ3) is 3.02. The zero-order valence-electron chi connectivity index (χ0n) is 13.5. The molecule has 0 bridgehead atoms. The van der Waals surface area contributed by atoms with Crippen LogP contribution in [0.4, 0.5) is 0 Å². The molecule has 0 aromatic heterocycles. The molecule has 0 radical (unpaired) electrons. The molecule has 23 heavy (non-hydrogen) atoms. The van der Waals surface area contributed by atoms with E-state index in [1.807, 2.05) is 44.2 Å². The number of carbonyl (C=O) groups excluding carboxylic acids is 1. The van der Waals surface area contributed by atoms with Gasteiger partial charge in [-0.25, -0.2) is 0 Å². The molecule has 1 heterocycles. The van der Waals surface area contributed by atoms with E-state index in [9.17, 15) is 9.90 Å². The van der Waals surface area contributed by atoms with Crippen LogP contribution in [0.25, 0.3) is 11.1 Å². The minimum absolute atomic E-state index is 0.0993. The van der Waals surface area contributed by atoms with E-state index in [4.69, 9.17) is 4.74 Å². The summed E-state index contributed by atoms with van der Waals surface area (Å²) >= 11 is 0. The van der Waals surface area contributed by atoms with E-state index in [0.29, 0.717) is 31.9 Å². The van der Waals surface area contributed by atoms with Crippen molar-refractivity contribution in [2.45, 2.75) is 26.8 Å². The topological polar surface area (TPSA) is 49.8 Å². The second-order valence-electron chi connectivity index (χ2n) is 5.82. The molecule has 1 N–H and O–H groups in total. The fourth-order valence-electron chi connectivity index (χ4n) is 2.99. The van der Waals surface area contributed by atoms with Gasteiger partial charge in [-0.2, -0.15) is 0 Å². The van der Waals surface area contributed by atoms with Crippen molar-refractivity contribution in [2.24, 2.45) is 0 Å². The van der Waals surface area contributed by atoms with Gasteiger partial charge in [0.15, 0.2) is 11.5 Å². The zero-order valence-corrected chi connectivity index (χ0v) is 13.5. The number of hydrogen-bond donors (Lipinski definition) is 1. The number of carbonyl (C=O) groups is 1. The molecule has 0 spiro atoms. The van der Waals surface area contributed by atoms with Crippen molar-refractivity contribution in [2.75, 3.05) is 13.2 Å². The lowest BCUT2D eigenvalue weighted by molar-refractivity contribution is -0.131. The monoisotopic (exact) mass is 311 g/mol. The Balaban J connectivity index is 2.05. The van der Waals surface area contributed by atoms with Crippen LogP contribution in [-0.2, 0) is 11.3 Å². The van der Waals surface area contributed by atoms with Crippen molar-refractivity contribution in [3.05, 3.63) is 47.5 Å². The number of hydrogen-bond acceptors (Lipinski definition) is 3. The second kappa shape index (κ2) is 6.32. The number of phenolic OH excluding ortho intramolecular Hbond substituents is 1. The SMILES string of the molecule is CCC(=O)N1CCOc2c(O)cc(-c3ccccc3C)cc2C1. The summed E-state index contributed by atoms with van der Waals surface area (Å²) in [5, 5.41) is 10.4. The molecule has 0 unspecified atom stereocenters. The first-order chi connectivity index (χ1) is 11.1. The number of rotatable bonds is 2. The normalized spacial score (nSPS) is 13.9. The fraction of sp³-hybridized carbons (Fsp3) is 0.316. The van der Waals surface area contributed by atoms with Gasteiger partial charge in [0.25, 0.3) is 0 Å². The lowest BCUT2D eigenvalue weighted by atomic mass is 9.98. The minimum Gasteiger partial charge on any atom is -0.504 e. The van der Waals surface area contributed by atoms with Crippen molar-refractivity contribution in [1.29, 1.82) is 0 Å². The third-order valence-electron chi connectivity index (χ3n) is 4.23. The Bertz CT molecular complexity index is 739. The zero-order chi connectivity index (χ0) is 16.4. The van der Waals surface area contributed by atoms with Crippen LogP contribution in [0.2, 0.25) is 0 Å². The number of amides is 1. The van der Waals surface area contributed by atoms with E-state index in [1.54, 1.807) is 11.0 Å². The minimum atomic E-state index is 0.0993. The second-order valence-corrected chi connectivity index (χ2v) is 5.82. The van der Waals surface area contributed by atoms with E-state index in [1.165, 1.54) is 0 Å². The Labute approximate surface area is 136 Å². The Hall–Kier alpha value is -2.49. The van der Waals surface area contributed by atoms with E-state index in [-0.39, 0.29) is 11.7 Å². The number of fused-ring (bicyclic) bond motifs is 1. The van der Waals surface area contributed by atoms with Crippen LogP contribution in [0.3, 0.4) is 0 Å². The standard InChI is InChI=1S/C19H21NO3/c1-3-18(22)20-8-9-23-19-15(12-20)10-14(11-17(19)21)16-7-5-4-6-13(16)2/h4-7,10-11,21H,3,8-9,12H2,1-2H3. The molecular formula is C19H21NO3. The predicted molar refractivity (Wildman–Crippen MR) is 89.5 cm³/mol. The average Bonchev–Trinajstić information content (AvgIpc) is 2.77. The highest BCUT2D eigenvalue weighted by atomic mass is 16.5. The van der Waals surface area contributed by atoms with Crippen LogP contribution in [-0.4, -0.2) is 29.1 Å². The molecule has 1 aliphatic heterocycles. The quantitative estimate of drug-likeness (QED) is 0.923. The molecule has 4 heteroatoms. The molecule has 1 aliphatic rings. The van der Waals surface area contributed by atoms with Gasteiger partial charge >= 0.3 is 0 Å². The van der Waals surface area contributed by atoms with E-state index >= 15 is 0 Å². The molecule has 3 rings (SSSR count). The summed E-state index contributed by atoms with van der Waals surface area (Å²) in [7, 11) is 0. The van der Waals surface area contributed by atoms with E-state index in [2.05, 4.69) is 0 Å². The van der Waals surface area contributed by atoms with Crippen molar-refractivity contribution >= 4 is 5.91 Å². The highest BCUT2D eigenvalue weighted by Gasteiger charge is 2.22. The summed E-state index contributed by atoms with van der Waals surface area (Å²) < 4.78 is 5.68. The first-order valence-electron chi connectivity index (χ1n) is 7.92. The van der Waals surface area contributed by atoms with Gasteiger partial charge in [-0.3, -0.25) is 4.79 Å². The van der Waals surface area contributed by atoms with Gasteiger partial charge in [-0.15, -0.1) is 0 Å². The fourth-order valence-corrected chi connectivity index (χ4v) is 2.99. The molecule has 1 amide bonds. The van der Waals surface area contributed by atoms with Crippen molar-refractivity contribution in [3.63, 3.8) is 0 Å². The molecular weight excluding hydrogens is 290 g/mol. The lowest BCUT2D eigenvalue weighted by Gasteiger charge is -2.19. The molecule has 0 atom stereocenters. The van der Waals surface area contributed by atoms with Crippen molar-refractivity contribution in [3.8, 4) is 22.6 Å². The Morgan fingerprint density at radius 1 is 1.30 bits per heavy atom. The van der Waals surface area contributed by atoms with Gasteiger partial charge in [0.05, 0.1) is 6.54 Å². The first-order valence-corrected chi connectivity index (χ1v) is 7.92. The molecule has 120 valence electrons. The number of ether oxygens (including phenoxy) is 1. The summed E-state index contributed by atoms with van der Waals surface area (Å²) in [5.74, 6) is 0.725. The number of benzene rings is 2. The molecule has 0 fully saturated rings. The third-order valence-corrected chi connectivity index (χ3v) is 4.23. The van der Waals surface area contributed by atoms with Crippen LogP contribution in [0.5, 0.6) is 11.5 Å². The Morgan fingerprint density at radius 2 is 2.09 bits per heavy atom.